The first kappa shape index (κ1) is 31.8. The Balaban J connectivity index is 1.07. The number of amides is 1. The van der Waals surface area contributed by atoms with Gasteiger partial charge in [-0.15, -0.1) is 0 Å². The molecule has 50 heavy (non-hydrogen) atoms. The van der Waals surface area contributed by atoms with Gasteiger partial charge < -0.3 is 43.8 Å². The molecule has 3 fully saturated rings. The standard InChI is InChI=1S/C36H36N8O6/c1-36(2)49-29-30(34(45)41-23-9-6-20-8-11-27(42-25(20)14-23)43-12-5-13-43)48-35(31(29)50-36)44-18-22(16-37)28-32(39-19-40-33(28)44)38-17-21-7-10-24(46-3)15-26(21)47-4/h6-11,14-15,18-19,29-31,35H,5,12-13,17H2,1-4H3,(H,41,45)(H,38,39,40)/t29-,30+,31-,35-/m1/s1. The number of hydrogen-bond donors (Lipinski definition) is 2. The van der Waals surface area contributed by atoms with E-state index in [-0.39, 0.29) is 5.91 Å². The number of anilines is 3. The van der Waals surface area contributed by atoms with Gasteiger partial charge in [0.2, 0.25) is 0 Å². The molecular weight excluding hydrogens is 640 g/mol. The molecule has 0 spiro atoms. The topological polar surface area (TPSA) is 158 Å². The van der Waals surface area contributed by atoms with Crippen molar-refractivity contribution < 1.29 is 28.5 Å². The number of aromatic nitrogens is 4. The molecule has 3 aliphatic rings. The van der Waals surface area contributed by atoms with Gasteiger partial charge in [0.25, 0.3) is 5.91 Å². The van der Waals surface area contributed by atoms with Gasteiger partial charge in [-0.25, -0.2) is 15.0 Å². The molecule has 2 N–H and O–H groups in total. The Morgan fingerprint density at radius 2 is 1.88 bits per heavy atom. The number of methoxy groups -OCH3 is 2. The molecule has 2 aromatic carbocycles. The summed E-state index contributed by atoms with van der Waals surface area (Å²) in [7, 11) is 3.19. The van der Waals surface area contributed by atoms with Crippen molar-refractivity contribution in [3.05, 3.63) is 72.2 Å². The predicted molar refractivity (Wildman–Crippen MR) is 184 cm³/mol. The van der Waals surface area contributed by atoms with Crippen molar-refractivity contribution in [2.45, 2.75) is 57.1 Å². The number of carbonyl (C=O) groups excluding carboxylic acids is 1. The maximum Gasteiger partial charge on any atom is 0.256 e. The summed E-state index contributed by atoms with van der Waals surface area (Å²) in [5, 5.41) is 18.0. The lowest BCUT2D eigenvalue weighted by Crippen LogP contribution is -2.39. The zero-order valence-corrected chi connectivity index (χ0v) is 28.0. The van der Waals surface area contributed by atoms with Gasteiger partial charge in [0.1, 0.15) is 53.4 Å². The van der Waals surface area contributed by atoms with Crippen molar-refractivity contribution in [2.24, 2.45) is 0 Å². The first-order valence-electron chi connectivity index (χ1n) is 16.4. The molecular formula is C36H36N8O6. The molecule has 3 aliphatic heterocycles. The Morgan fingerprint density at radius 3 is 2.64 bits per heavy atom. The molecule has 3 saturated heterocycles. The number of hydrogen-bond acceptors (Lipinski definition) is 12. The van der Waals surface area contributed by atoms with E-state index in [1.54, 1.807) is 44.9 Å². The molecule has 8 rings (SSSR count). The van der Waals surface area contributed by atoms with Gasteiger partial charge in [-0.3, -0.25) is 4.79 Å². The minimum atomic E-state index is -1.02. The average Bonchev–Trinajstić information content (AvgIpc) is 3.74. The van der Waals surface area contributed by atoms with Crippen LogP contribution in [0.2, 0.25) is 0 Å². The second-order valence-electron chi connectivity index (χ2n) is 12.9. The van der Waals surface area contributed by atoms with Crippen LogP contribution in [-0.4, -0.2) is 76.8 Å². The van der Waals surface area contributed by atoms with E-state index >= 15 is 0 Å². The van der Waals surface area contributed by atoms with E-state index < -0.39 is 30.3 Å². The van der Waals surface area contributed by atoms with Gasteiger partial charge in [-0.1, -0.05) is 6.07 Å². The fourth-order valence-corrected chi connectivity index (χ4v) is 6.81. The average molecular weight is 677 g/mol. The van der Waals surface area contributed by atoms with Crippen LogP contribution in [-0.2, 0) is 25.5 Å². The normalized spacial score (nSPS) is 22.2. The molecule has 0 bridgehead atoms. The highest BCUT2D eigenvalue weighted by Gasteiger charge is 2.58. The van der Waals surface area contributed by atoms with Crippen molar-refractivity contribution in [1.29, 1.82) is 5.26 Å². The fourth-order valence-electron chi connectivity index (χ4n) is 6.81. The van der Waals surface area contributed by atoms with Gasteiger partial charge in [0, 0.05) is 48.5 Å². The summed E-state index contributed by atoms with van der Waals surface area (Å²) in [5.74, 6) is 1.34. The van der Waals surface area contributed by atoms with Crippen LogP contribution in [0.3, 0.4) is 0 Å². The Bertz CT molecular complexity index is 2160. The third kappa shape index (κ3) is 5.59. The monoisotopic (exact) mass is 676 g/mol. The molecule has 4 atom stereocenters. The van der Waals surface area contributed by atoms with E-state index in [4.69, 9.17) is 28.7 Å². The van der Waals surface area contributed by atoms with Gasteiger partial charge in [0.05, 0.1) is 30.7 Å². The molecule has 5 aromatic rings. The summed E-state index contributed by atoms with van der Waals surface area (Å²) in [6.07, 6.45) is 0.981. The van der Waals surface area contributed by atoms with Crippen molar-refractivity contribution in [3.8, 4) is 17.6 Å². The van der Waals surface area contributed by atoms with Gasteiger partial charge in [-0.2, -0.15) is 5.26 Å². The molecule has 0 unspecified atom stereocenters. The van der Waals surface area contributed by atoms with E-state index in [1.165, 1.54) is 6.33 Å². The number of benzene rings is 2. The lowest BCUT2D eigenvalue weighted by molar-refractivity contribution is -0.196. The molecule has 0 saturated carbocycles. The molecule has 0 aliphatic carbocycles. The second-order valence-corrected chi connectivity index (χ2v) is 12.9. The number of nitrogens with zero attached hydrogens (tertiary/aromatic N) is 6. The lowest BCUT2D eigenvalue weighted by atomic mass is 10.1. The Kier molecular flexibility index (Phi) is 7.90. The molecule has 14 nitrogen and oxygen atoms in total. The fraction of sp³-hybridized carbons (Fsp3) is 0.361. The minimum absolute atomic E-state index is 0.331. The summed E-state index contributed by atoms with van der Waals surface area (Å²) >= 11 is 0. The molecule has 256 valence electrons. The summed E-state index contributed by atoms with van der Waals surface area (Å²) in [4.78, 5) is 29.9. The van der Waals surface area contributed by atoms with Crippen LogP contribution in [0, 0.1) is 11.3 Å². The Hall–Kier alpha value is -5.49. The van der Waals surface area contributed by atoms with Gasteiger partial charge >= 0.3 is 0 Å². The first-order valence-corrected chi connectivity index (χ1v) is 16.4. The summed E-state index contributed by atoms with van der Waals surface area (Å²) in [6.45, 7) is 5.94. The van der Waals surface area contributed by atoms with Gasteiger partial charge in [-0.05, 0) is 56.7 Å². The zero-order chi connectivity index (χ0) is 34.6. The van der Waals surface area contributed by atoms with E-state index in [0.717, 1.165) is 41.8 Å². The van der Waals surface area contributed by atoms with E-state index in [9.17, 15) is 10.1 Å². The van der Waals surface area contributed by atoms with Crippen LogP contribution in [0.25, 0.3) is 21.9 Å². The lowest BCUT2D eigenvalue weighted by Gasteiger charge is -2.32. The van der Waals surface area contributed by atoms with Crippen molar-refractivity contribution >= 4 is 45.2 Å². The number of rotatable bonds is 9. The molecule has 3 aromatic heterocycles. The predicted octanol–water partition coefficient (Wildman–Crippen LogP) is 4.75. The van der Waals surface area contributed by atoms with Crippen molar-refractivity contribution in [2.75, 3.05) is 42.8 Å². The molecule has 14 heteroatoms. The van der Waals surface area contributed by atoms with E-state index in [1.807, 2.05) is 42.5 Å². The van der Waals surface area contributed by atoms with Crippen molar-refractivity contribution in [1.82, 2.24) is 19.5 Å². The maximum absolute atomic E-state index is 13.9. The Labute approximate surface area is 287 Å². The molecule has 6 heterocycles. The Morgan fingerprint density at radius 1 is 1.06 bits per heavy atom. The first-order chi connectivity index (χ1) is 24.2. The second kappa shape index (κ2) is 12.4. The number of pyridine rings is 1. The van der Waals surface area contributed by atoms with E-state index in [0.29, 0.717) is 46.1 Å². The van der Waals surface area contributed by atoms with Crippen LogP contribution in [0.15, 0.2) is 61.1 Å². The highest BCUT2D eigenvalue weighted by molar-refractivity contribution is 5.97. The number of nitrogens with one attached hydrogen (secondary N) is 2. The van der Waals surface area contributed by atoms with E-state index in [2.05, 4.69) is 31.6 Å². The third-order valence-corrected chi connectivity index (χ3v) is 9.36. The number of nitriles is 1. The van der Waals surface area contributed by atoms with Crippen molar-refractivity contribution in [3.63, 3.8) is 0 Å². The molecule has 1 amide bonds. The summed E-state index contributed by atoms with van der Waals surface area (Å²) in [6, 6.07) is 17.5. The highest BCUT2D eigenvalue weighted by atomic mass is 16.8. The number of ether oxygens (including phenoxy) is 5. The number of carbonyl (C=O) groups is 1. The van der Waals surface area contributed by atoms with Crippen LogP contribution in [0.1, 0.15) is 37.6 Å². The molecule has 0 radical (unpaired) electrons. The summed E-state index contributed by atoms with van der Waals surface area (Å²) < 4.78 is 31.6. The maximum atomic E-state index is 13.9. The SMILES string of the molecule is COc1ccc(CNc2ncnc3c2c(C#N)cn3[C@@H]2O[C@H](C(=O)Nc3ccc4ccc(N5CCC5)nc4c3)[C@H]3OC(C)(C)O[C@H]32)c(OC)c1. The highest BCUT2D eigenvalue weighted by Crippen LogP contribution is 2.45. The number of fused-ring (bicyclic) bond motifs is 3. The van der Waals surface area contributed by atoms with Gasteiger partial charge in [0.15, 0.2) is 18.1 Å². The van der Waals surface area contributed by atoms with Crippen LogP contribution in [0.4, 0.5) is 17.3 Å². The largest absolute Gasteiger partial charge is 0.497 e. The van der Waals surface area contributed by atoms with Crippen LogP contribution in [0.5, 0.6) is 11.5 Å². The summed E-state index contributed by atoms with van der Waals surface area (Å²) in [5.41, 5.74) is 3.02. The van der Waals surface area contributed by atoms with Crippen LogP contribution >= 0.6 is 0 Å². The zero-order valence-electron chi connectivity index (χ0n) is 28.0. The third-order valence-electron chi connectivity index (χ3n) is 9.36. The quantitative estimate of drug-likeness (QED) is 0.221. The van der Waals surface area contributed by atoms with Crippen LogP contribution < -0.4 is 25.0 Å². The smallest absolute Gasteiger partial charge is 0.256 e. The minimum Gasteiger partial charge on any atom is -0.497 e.